The maximum Gasteiger partial charge on any atom is 0.242 e. The SMILES string of the molecule is O=C(Cn1cc(C=Nc2ccccc2O)c2ccccc21)N1CCOCC1. The number of hydrogen-bond donors (Lipinski definition) is 1. The van der Waals surface area contributed by atoms with Crippen LogP contribution in [-0.4, -0.2) is 53.0 Å². The second kappa shape index (κ2) is 7.63. The summed E-state index contributed by atoms with van der Waals surface area (Å²) >= 11 is 0. The lowest BCUT2D eigenvalue weighted by Crippen LogP contribution is -2.42. The Kier molecular flexibility index (Phi) is 4.89. The van der Waals surface area contributed by atoms with Crippen LogP contribution < -0.4 is 0 Å². The van der Waals surface area contributed by atoms with E-state index in [1.165, 1.54) is 0 Å². The Morgan fingerprint density at radius 1 is 1.11 bits per heavy atom. The lowest BCUT2D eigenvalue weighted by Gasteiger charge is -2.27. The van der Waals surface area contributed by atoms with Crippen LogP contribution in [0.2, 0.25) is 0 Å². The highest BCUT2D eigenvalue weighted by Gasteiger charge is 2.18. The van der Waals surface area contributed by atoms with Gasteiger partial charge in [-0.3, -0.25) is 9.79 Å². The van der Waals surface area contributed by atoms with Gasteiger partial charge in [-0.15, -0.1) is 0 Å². The molecule has 2 aromatic carbocycles. The van der Waals surface area contributed by atoms with E-state index in [0.29, 0.717) is 32.0 Å². The molecule has 27 heavy (non-hydrogen) atoms. The minimum Gasteiger partial charge on any atom is -0.506 e. The number of phenols is 1. The number of benzene rings is 2. The number of aromatic hydroxyl groups is 1. The number of amides is 1. The van der Waals surface area contributed by atoms with Crippen LogP contribution in [-0.2, 0) is 16.1 Å². The first-order valence-electron chi connectivity index (χ1n) is 8.98. The number of para-hydroxylation sites is 3. The van der Waals surface area contributed by atoms with Crippen LogP contribution in [0.4, 0.5) is 5.69 Å². The van der Waals surface area contributed by atoms with E-state index in [9.17, 15) is 9.90 Å². The quantitative estimate of drug-likeness (QED) is 0.725. The monoisotopic (exact) mass is 363 g/mol. The Morgan fingerprint density at radius 3 is 2.67 bits per heavy atom. The fraction of sp³-hybridized carbons (Fsp3) is 0.238. The van der Waals surface area contributed by atoms with Gasteiger partial charge in [0.1, 0.15) is 18.0 Å². The lowest BCUT2D eigenvalue weighted by molar-refractivity contribution is -0.135. The van der Waals surface area contributed by atoms with Gasteiger partial charge in [-0.25, -0.2) is 0 Å². The third kappa shape index (κ3) is 3.71. The summed E-state index contributed by atoms with van der Waals surface area (Å²) in [6, 6.07) is 14.9. The summed E-state index contributed by atoms with van der Waals surface area (Å²) in [4.78, 5) is 18.9. The van der Waals surface area contributed by atoms with E-state index in [-0.39, 0.29) is 18.2 Å². The molecule has 0 unspecified atom stereocenters. The number of carbonyl (C=O) groups excluding carboxylic acids is 1. The summed E-state index contributed by atoms with van der Waals surface area (Å²) in [6.07, 6.45) is 3.67. The van der Waals surface area contributed by atoms with Crippen molar-refractivity contribution in [3.8, 4) is 5.75 Å². The number of fused-ring (bicyclic) bond motifs is 1. The average Bonchev–Trinajstić information content (AvgIpc) is 3.06. The molecule has 0 bridgehead atoms. The van der Waals surface area contributed by atoms with Gasteiger partial charge in [-0.2, -0.15) is 0 Å². The van der Waals surface area contributed by atoms with Crippen molar-refractivity contribution in [3.05, 3.63) is 60.3 Å². The molecule has 138 valence electrons. The predicted octanol–water partition coefficient (Wildman–Crippen LogP) is 2.96. The zero-order valence-corrected chi connectivity index (χ0v) is 14.9. The predicted molar refractivity (Wildman–Crippen MR) is 105 cm³/mol. The van der Waals surface area contributed by atoms with Crippen LogP contribution in [0.5, 0.6) is 5.75 Å². The number of morpholine rings is 1. The molecule has 0 radical (unpaired) electrons. The smallest absolute Gasteiger partial charge is 0.242 e. The Morgan fingerprint density at radius 2 is 1.85 bits per heavy atom. The molecule has 1 aliphatic heterocycles. The van der Waals surface area contributed by atoms with E-state index >= 15 is 0 Å². The van der Waals surface area contributed by atoms with Crippen LogP contribution in [0.15, 0.2) is 59.7 Å². The molecule has 0 spiro atoms. The Hall–Kier alpha value is -3.12. The molecular formula is C21H21N3O3. The fourth-order valence-electron chi connectivity index (χ4n) is 3.28. The summed E-state index contributed by atoms with van der Waals surface area (Å²) in [5, 5.41) is 10.9. The van der Waals surface area contributed by atoms with Crippen molar-refractivity contribution in [1.82, 2.24) is 9.47 Å². The molecule has 0 saturated carbocycles. The topological polar surface area (TPSA) is 67.1 Å². The minimum absolute atomic E-state index is 0.0863. The van der Waals surface area contributed by atoms with Gasteiger partial charge in [0.05, 0.1) is 13.2 Å². The lowest BCUT2D eigenvalue weighted by atomic mass is 10.2. The summed E-state index contributed by atoms with van der Waals surface area (Å²) in [6.45, 7) is 2.75. The second-order valence-corrected chi connectivity index (χ2v) is 6.47. The molecule has 1 aromatic heterocycles. The molecule has 1 saturated heterocycles. The second-order valence-electron chi connectivity index (χ2n) is 6.47. The molecule has 6 heteroatoms. The molecule has 2 heterocycles. The molecule has 1 N–H and O–H groups in total. The van der Waals surface area contributed by atoms with Crippen molar-refractivity contribution in [2.45, 2.75) is 6.54 Å². The Labute approximate surface area is 157 Å². The number of carbonyl (C=O) groups is 1. The van der Waals surface area contributed by atoms with E-state index in [0.717, 1.165) is 16.5 Å². The standard InChI is InChI=1S/C21H21N3O3/c25-20-8-4-2-6-18(20)22-13-16-14-24(19-7-3-1-5-17(16)19)15-21(26)23-9-11-27-12-10-23/h1-8,13-14,25H,9-12,15H2. The van der Waals surface area contributed by atoms with Crippen LogP contribution in [0.3, 0.4) is 0 Å². The first-order chi connectivity index (χ1) is 13.2. The number of ether oxygens (including phenoxy) is 1. The van der Waals surface area contributed by atoms with E-state index in [4.69, 9.17) is 4.74 Å². The number of aliphatic imine (C=N–C) groups is 1. The molecule has 1 amide bonds. The Balaban J connectivity index is 1.63. The van der Waals surface area contributed by atoms with Gasteiger partial charge < -0.3 is 19.3 Å². The van der Waals surface area contributed by atoms with Gasteiger partial charge >= 0.3 is 0 Å². The van der Waals surface area contributed by atoms with Crippen molar-refractivity contribution >= 4 is 28.7 Å². The molecule has 1 aliphatic rings. The Bertz CT molecular complexity index is 987. The van der Waals surface area contributed by atoms with Crippen molar-refractivity contribution in [1.29, 1.82) is 0 Å². The van der Waals surface area contributed by atoms with Gasteiger partial charge in [-0.05, 0) is 18.2 Å². The van der Waals surface area contributed by atoms with Crippen molar-refractivity contribution < 1.29 is 14.6 Å². The molecule has 0 atom stereocenters. The van der Waals surface area contributed by atoms with E-state index < -0.39 is 0 Å². The molecule has 3 aromatic rings. The summed E-state index contributed by atoms with van der Waals surface area (Å²) in [7, 11) is 0. The van der Waals surface area contributed by atoms with Crippen LogP contribution in [0, 0.1) is 0 Å². The zero-order valence-electron chi connectivity index (χ0n) is 14.9. The number of phenolic OH excluding ortho intramolecular Hbond substituents is 1. The summed E-state index contributed by atoms with van der Waals surface area (Å²) in [5.74, 6) is 0.225. The number of rotatable bonds is 4. The molecular weight excluding hydrogens is 342 g/mol. The first-order valence-corrected chi connectivity index (χ1v) is 8.98. The van der Waals surface area contributed by atoms with Gasteiger partial charge in [0.2, 0.25) is 5.91 Å². The molecule has 4 rings (SSSR count). The normalized spacial score (nSPS) is 14.9. The van der Waals surface area contributed by atoms with Gasteiger partial charge in [0.25, 0.3) is 0 Å². The van der Waals surface area contributed by atoms with Crippen LogP contribution >= 0.6 is 0 Å². The molecule has 6 nitrogen and oxygen atoms in total. The largest absolute Gasteiger partial charge is 0.506 e. The number of hydrogen-bond acceptors (Lipinski definition) is 4. The highest BCUT2D eigenvalue weighted by molar-refractivity contribution is 6.00. The third-order valence-electron chi connectivity index (χ3n) is 4.71. The van der Waals surface area contributed by atoms with Crippen molar-refractivity contribution in [2.75, 3.05) is 26.3 Å². The third-order valence-corrected chi connectivity index (χ3v) is 4.71. The van der Waals surface area contributed by atoms with Gasteiger partial charge in [-0.1, -0.05) is 30.3 Å². The summed E-state index contributed by atoms with van der Waals surface area (Å²) < 4.78 is 7.28. The van der Waals surface area contributed by atoms with E-state index in [1.807, 2.05) is 46.0 Å². The van der Waals surface area contributed by atoms with Crippen LogP contribution in [0.1, 0.15) is 5.56 Å². The number of nitrogens with zero attached hydrogens (tertiary/aromatic N) is 3. The van der Waals surface area contributed by atoms with Crippen LogP contribution in [0.25, 0.3) is 10.9 Å². The maximum atomic E-state index is 12.6. The molecule has 0 aliphatic carbocycles. The van der Waals surface area contributed by atoms with E-state index in [2.05, 4.69) is 4.99 Å². The highest BCUT2D eigenvalue weighted by atomic mass is 16.5. The number of aromatic nitrogens is 1. The maximum absolute atomic E-state index is 12.6. The average molecular weight is 363 g/mol. The fourth-order valence-corrected chi connectivity index (χ4v) is 3.28. The highest BCUT2D eigenvalue weighted by Crippen LogP contribution is 2.26. The van der Waals surface area contributed by atoms with Crippen molar-refractivity contribution in [3.63, 3.8) is 0 Å². The first kappa shape index (κ1) is 17.3. The van der Waals surface area contributed by atoms with Gasteiger partial charge in [0.15, 0.2) is 0 Å². The van der Waals surface area contributed by atoms with Gasteiger partial charge in [0, 0.05) is 42.0 Å². The minimum atomic E-state index is 0.0863. The van der Waals surface area contributed by atoms with Crippen molar-refractivity contribution in [2.24, 2.45) is 4.99 Å². The zero-order chi connectivity index (χ0) is 18.6. The summed E-state index contributed by atoms with van der Waals surface area (Å²) in [5.41, 5.74) is 2.40. The van der Waals surface area contributed by atoms with E-state index in [1.54, 1.807) is 24.4 Å². The molecule has 1 fully saturated rings.